The van der Waals surface area contributed by atoms with Gasteiger partial charge >= 0.3 is 0 Å². The van der Waals surface area contributed by atoms with E-state index in [-0.39, 0.29) is 5.56 Å². The van der Waals surface area contributed by atoms with E-state index in [0.717, 1.165) is 26.6 Å². The number of fused-ring (bicyclic) bond motifs is 1. The van der Waals surface area contributed by atoms with Gasteiger partial charge in [0.15, 0.2) is 0 Å². The molecule has 0 fully saturated rings. The molecule has 0 aliphatic carbocycles. The van der Waals surface area contributed by atoms with Crippen molar-refractivity contribution in [2.24, 2.45) is 0 Å². The molecule has 0 bridgehead atoms. The van der Waals surface area contributed by atoms with Crippen molar-refractivity contribution in [3.8, 4) is 16.2 Å². The number of ether oxygens (including phenoxy) is 1. The van der Waals surface area contributed by atoms with Crippen molar-refractivity contribution in [2.75, 3.05) is 7.11 Å². The Morgan fingerprint density at radius 1 is 1.20 bits per heavy atom. The Morgan fingerprint density at radius 3 is 2.55 bits per heavy atom. The highest BCUT2D eigenvalue weighted by Crippen LogP contribution is 2.36. The number of aromatic amines is 1. The van der Waals surface area contributed by atoms with Gasteiger partial charge in [-0.05, 0) is 49.2 Å². The van der Waals surface area contributed by atoms with Crippen LogP contribution in [0, 0.1) is 13.8 Å². The van der Waals surface area contributed by atoms with Crippen LogP contribution in [0.1, 0.15) is 11.4 Å². The van der Waals surface area contributed by atoms with Gasteiger partial charge in [-0.15, -0.1) is 11.3 Å². The van der Waals surface area contributed by atoms with Gasteiger partial charge in [-0.2, -0.15) is 0 Å². The van der Waals surface area contributed by atoms with Crippen LogP contribution >= 0.6 is 11.3 Å². The molecule has 3 aromatic rings. The summed E-state index contributed by atoms with van der Waals surface area (Å²) in [5.41, 5.74) is 1.98. The zero-order valence-electron chi connectivity index (χ0n) is 11.5. The average Bonchev–Trinajstić information content (AvgIpc) is 2.76. The van der Waals surface area contributed by atoms with Crippen LogP contribution in [0.25, 0.3) is 20.7 Å². The Hall–Kier alpha value is -2.14. The van der Waals surface area contributed by atoms with Crippen LogP contribution in [-0.4, -0.2) is 17.1 Å². The molecule has 0 aliphatic heterocycles. The highest BCUT2D eigenvalue weighted by Gasteiger charge is 2.14. The molecule has 0 saturated heterocycles. The molecule has 0 radical (unpaired) electrons. The third-order valence-corrected chi connectivity index (χ3v) is 4.51. The summed E-state index contributed by atoms with van der Waals surface area (Å²) < 4.78 is 5.17. The molecule has 20 heavy (non-hydrogen) atoms. The van der Waals surface area contributed by atoms with E-state index in [4.69, 9.17) is 4.74 Å². The SMILES string of the molecule is COc1ccc(-c2sc3nc(C)[nH]c(=O)c3c2C)cc1. The van der Waals surface area contributed by atoms with Crippen LogP contribution in [0.15, 0.2) is 29.1 Å². The van der Waals surface area contributed by atoms with Gasteiger partial charge in [0.1, 0.15) is 16.4 Å². The first kappa shape index (κ1) is 12.9. The third-order valence-electron chi connectivity index (χ3n) is 3.27. The lowest BCUT2D eigenvalue weighted by Crippen LogP contribution is -2.08. The van der Waals surface area contributed by atoms with Gasteiger partial charge in [0.25, 0.3) is 5.56 Å². The van der Waals surface area contributed by atoms with E-state index in [1.54, 1.807) is 25.4 Å². The quantitative estimate of drug-likeness (QED) is 0.786. The van der Waals surface area contributed by atoms with Crippen LogP contribution in [0.5, 0.6) is 5.75 Å². The molecule has 2 aromatic heterocycles. The van der Waals surface area contributed by atoms with E-state index in [1.807, 2.05) is 31.2 Å². The monoisotopic (exact) mass is 286 g/mol. The van der Waals surface area contributed by atoms with E-state index in [2.05, 4.69) is 9.97 Å². The first-order valence-corrected chi connectivity index (χ1v) is 7.06. The number of nitrogens with one attached hydrogen (secondary N) is 1. The Kier molecular flexibility index (Phi) is 3.06. The van der Waals surface area contributed by atoms with Gasteiger partial charge in [-0.1, -0.05) is 0 Å². The Balaban J connectivity index is 2.23. The summed E-state index contributed by atoms with van der Waals surface area (Å²) in [4.78, 5) is 21.1. The zero-order valence-corrected chi connectivity index (χ0v) is 12.3. The summed E-state index contributed by atoms with van der Waals surface area (Å²) in [5, 5.41) is 0.686. The molecule has 0 spiro atoms. The molecule has 2 heterocycles. The Labute approximate surface area is 120 Å². The number of thiophene rings is 1. The van der Waals surface area contributed by atoms with Crippen LogP contribution in [-0.2, 0) is 0 Å². The first-order valence-electron chi connectivity index (χ1n) is 6.24. The minimum Gasteiger partial charge on any atom is -0.497 e. The summed E-state index contributed by atoms with van der Waals surface area (Å²) in [6, 6.07) is 7.83. The van der Waals surface area contributed by atoms with E-state index >= 15 is 0 Å². The van der Waals surface area contributed by atoms with Crippen molar-refractivity contribution < 1.29 is 4.74 Å². The van der Waals surface area contributed by atoms with Crippen molar-refractivity contribution in [3.63, 3.8) is 0 Å². The van der Waals surface area contributed by atoms with Gasteiger partial charge in [-0.25, -0.2) is 4.98 Å². The summed E-state index contributed by atoms with van der Waals surface area (Å²) in [7, 11) is 1.64. The van der Waals surface area contributed by atoms with Crippen molar-refractivity contribution in [1.82, 2.24) is 9.97 Å². The van der Waals surface area contributed by atoms with Crippen LogP contribution in [0.3, 0.4) is 0 Å². The van der Waals surface area contributed by atoms with E-state index in [9.17, 15) is 4.79 Å². The maximum absolute atomic E-state index is 12.1. The van der Waals surface area contributed by atoms with Crippen molar-refractivity contribution in [2.45, 2.75) is 13.8 Å². The molecule has 102 valence electrons. The molecule has 1 aromatic carbocycles. The maximum atomic E-state index is 12.1. The molecule has 1 N–H and O–H groups in total. The van der Waals surface area contributed by atoms with Gasteiger partial charge in [0, 0.05) is 4.88 Å². The van der Waals surface area contributed by atoms with Gasteiger partial charge in [0.2, 0.25) is 0 Å². The lowest BCUT2D eigenvalue weighted by molar-refractivity contribution is 0.415. The second-order valence-electron chi connectivity index (χ2n) is 4.62. The predicted molar refractivity (Wildman–Crippen MR) is 81.7 cm³/mol. The normalized spacial score (nSPS) is 10.9. The molecule has 0 atom stereocenters. The number of benzene rings is 1. The summed E-state index contributed by atoms with van der Waals surface area (Å²) in [6.07, 6.45) is 0. The molecular weight excluding hydrogens is 272 g/mol. The topological polar surface area (TPSA) is 55.0 Å². The number of aryl methyl sites for hydroxylation is 2. The van der Waals surface area contributed by atoms with Crippen molar-refractivity contribution in [3.05, 3.63) is 46.0 Å². The Morgan fingerprint density at radius 2 is 1.90 bits per heavy atom. The zero-order chi connectivity index (χ0) is 14.3. The standard InChI is InChI=1S/C15H14N2O2S/c1-8-12-14(18)16-9(2)17-15(12)20-13(8)10-4-6-11(19-3)7-5-10/h4-7H,1-3H3,(H,16,17,18). The number of rotatable bonds is 2. The molecule has 0 amide bonds. The molecule has 3 rings (SSSR count). The van der Waals surface area contributed by atoms with Crippen LogP contribution < -0.4 is 10.3 Å². The fraction of sp³-hybridized carbons (Fsp3) is 0.200. The smallest absolute Gasteiger partial charge is 0.259 e. The number of nitrogens with zero attached hydrogens (tertiary/aromatic N) is 1. The number of hydrogen-bond donors (Lipinski definition) is 1. The van der Waals surface area contributed by atoms with Gasteiger partial charge in [-0.3, -0.25) is 4.79 Å². The maximum Gasteiger partial charge on any atom is 0.259 e. The largest absolute Gasteiger partial charge is 0.497 e. The molecule has 4 nitrogen and oxygen atoms in total. The van der Waals surface area contributed by atoms with Gasteiger partial charge in [0.05, 0.1) is 12.5 Å². The summed E-state index contributed by atoms with van der Waals surface area (Å²) in [6.45, 7) is 3.76. The van der Waals surface area contributed by atoms with Gasteiger partial charge < -0.3 is 9.72 Å². The molecule has 0 unspecified atom stereocenters. The predicted octanol–water partition coefficient (Wildman–Crippen LogP) is 3.28. The van der Waals surface area contributed by atoms with E-state index < -0.39 is 0 Å². The van der Waals surface area contributed by atoms with Crippen molar-refractivity contribution >= 4 is 21.6 Å². The number of hydrogen-bond acceptors (Lipinski definition) is 4. The minimum absolute atomic E-state index is 0.0685. The molecular formula is C15H14N2O2S. The third kappa shape index (κ3) is 2.00. The summed E-state index contributed by atoms with van der Waals surface area (Å²) in [5.74, 6) is 1.46. The lowest BCUT2D eigenvalue weighted by Gasteiger charge is -2.02. The lowest BCUT2D eigenvalue weighted by atomic mass is 10.1. The molecule has 5 heteroatoms. The highest BCUT2D eigenvalue weighted by atomic mass is 32.1. The number of methoxy groups -OCH3 is 1. The minimum atomic E-state index is -0.0685. The number of H-pyrrole nitrogens is 1. The summed E-state index contributed by atoms with van der Waals surface area (Å²) >= 11 is 1.55. The fourth-order valence-electron chi connectivity index (χ4n) is 2.27. The molecule has 0 saturated carbocycles. The van der Waals surface area contributed by atoms with Crippen molar-refractivity contribution in [1.29, 1.82) is 0 Å². The highest BCUT2D eigenvalue weighted by molar-refractivity contribution is 7.22. The van der Waals surface area contributed by atoms with Crippen LogP contribution in [0.2, 0.25) is 0 Å². The second-order valence-corrected chi connectivity index (χ2v) is 5.62. The first-order chi connectivity index (χ1) is 9.60. The second kappa shape index (κ2) is 4.76. The molecule has 0 aliphatic rings. The average molecular weight is 286 g/mol. The van der Waals surface area contributed by atoms with E-state index in [0.29, 0.717) is 11.2 Å². The Bertz CT molecular complexity index is 831. The van der Waals surface area contributed by atoms with E-state index in [1.165, 1.54) is 0 Å². The van der Waals surface area contributed by atoms with Crippen LogP contribution in [0.4, 0.5) is 0 Å². The fourth-order valence-corrected chi connectivity index (χ4v) is 3.50. The number of aromatic nitrogens is 2.